The van der Waals surface area contributed by atoms with Crippen LogP contribution in [0.4, 0.5) is 0 Å². The molecule has 0 saturated carbocycles. The molecule has 0 saturated heterocycles. The molecule has 2 aromatic rings. The quantitative estimate of drug-likeness (QED) is 0.652. The number of carbonyl (C=O) groups excluding carboxylic acids is 2. The first-order chi connectivity index (χ1) is 12.4. The van der Waals surface area contributed by atoms with Gasteiger partial charge in [-0.05, 0) is 48.9 Å². The standard InChI is InChI=1S/C19H20Br2N2O3/c1-13(19(25)22-2)23(11-14-4-3-5-16(21)10-14)18(24)12-26-17-8-6-15(20)7-9-17/h3-10,13H,11-12H2,1-2H3,(H,22,25). The van der Waals surface area contributed by atoms with E-state index in [1.165, 1.54) is 4.90 Å². The molecule has 1 N–H and O–H groups in total. The van der Waals surface area contributed by atoms with Crippen LogP contribution in [0.2, 0.25) is 0 Å². The Hall–Kier alpha value is -1.86. The molecule has 0 bridgehead atoms. The van der Waals surface area contributed by atoms with Gasteiger partial charge >= 0.3 is 0 Å². The van der Waals surface area contributed by atoms with Crippen molar-refractivity contribution in [1.29, 1.82) is 0 Å². The molecule has 26 heavy (non-hydrogen) atoms. The summed E-state index contributed by atoms with van der Waals surface area (Å²) in [6, 6.07) is 14.3. The van der Waals surface area contributed by atoms with Crippen molar-refractivity contribution in [2.75, 3.05) is 13.7 Å². The van der Waals surface area contributed by atoms with E-state index in [-0.39, 0.29) is 18.4 Å². The maximum atomic E-state index is 12.7. The third kappa shape index (κ3) is 5.85. The highest BCUT2D eigenvalue weighted by Gasteiger charge is 2.25. The summed E-state index contributed by atoms with van der Waals surface area (Å²) in [5.41, 5.74) is 0.923. The van der Waals surface area contributed by atoms with E-state index in [2.05, 4.69) is 37.2 Å². The first kappa shape index (κ1) is 20.5. The van der Waals surface area contributed by atoms with E-state index in [4.69, 9.17) is 4.74 Å². The number of nitrogens with zero attached hydrogens (tertiary/aromatic N) is 1. The number of hydrogen-bond acceptors (Lipinski definition) is 3. The van der Waals surface area contributed by atoms with Gasteiger partial charge in [0.25, 0.3) is 5.91 Å². The average Bonchev–Trinajstić information content (AvgIpc) is 2.64. The Morgan fingerprint density at radius 1 is 1.12 bits per heavy atom. The van der Waals surface area contributed by atoms with Gasteiger partial charge in [-0.2, -0.15) is 0 Å². The second kappa shape index (κ2) is 9.73. The number of likely N-dealkylation sites (N-methyl/N-ethyl adjacent to an activating group) is 1. The molecule has 2 rings (SSSR count). The lowest BCUT2D eigenvalue weighted by Crippen LogP contribution is -2.48. The average molecular weight is 484 g/mol. The van der Waals surface area contributed by atoms with E-state index < -0.39 is 6.04 Å². The molecule has 2 amide bonds. The smallest absolute Gasteiger partial charge is 0.261 e. The molecule has 0 aliphatic rings. The molecule has 0 heterocycles. The largest absolute Gasteiger partial charge is 0.484 e. The van der Waals surface area contributed by atoms with Crippen molar-refractivity contribution in [2.24, 2.45) is 0 Å². The third-order valence-corrected chi connectivity index (χ3v) is 4.85. The molecule has 138 valence electrons. The van der Waals surface area contributed by atoms with Gasteiger partial charge in [0.15, 0.2) is 6.61 Å². The van der Waals surface area contributed by atoms with Gasteiger partial charge < -0.3 is 15.0 Å². The predicted molar refractivity (Wildman–Crippen MR) is 108 cm³/mol. The number of rotatable bonds is 7. The van der Waals surface area contributed by atoms with Crippen LogP contribution < -0.4 is 10.1 Å². The van der Waals surface area contributed by atoms with Gasteiger partial charge in [-0.25, -0.2) is 0 Å². The number of benzene rings is 2. The molecular weight excluding hydrogens is 464 g/mol. The Kier molecular flexibility index (Phi) is 7.66. The SMILES string of the molecule is CNC(=O)C(C)N(Cc1cccc(Br)c1)C(=O)COc1ccc(Br)cc1. The first-order valence-electron chi connectivity index (χ1n) is 8.04. The predicted octanol–water partition coefficient (Wildman–Crippen LogP) is 3.75. The Balaban J connectivity index is 2.12. The second-order valence-electron chi connectivity index (χ2n) is 5.68. The molecule has 2 aromatic carbocycles. The van der Waals surface area contributed by atoms with Crippen molar-refractivity contribution in [1.82, 2.24) is 10.2 Å². The molecule has 1 atom stereocenters. The fraction of sp³-hybridized carbons (Fsp3) is 0.263. The van der Waals surface area contributed by atoms with E-state index in [9.17, 15) is 9.59 Å². The molecule has 5 nitrogen and oxygen atoms in total. The van der Waals surface area contributed by atoms with Gasteiger partial charge in [0.2, 0.25) is 5.91 Å². The summed E-state index contributed by atoms with van der Waals surface area (Å²) in [5.74, 6) is 0.109. The van der Waals surface area contributed by atoms with Crippen LogP contribution in [0.1, 0.15) is 12.5 Å². The number of ether oxygens (including phenoxy) is 1. The summed E-state index contributed by atoms with van der Waals surface area (Å²) in [6.45, 7) is 1.88. The number of hydrogen-bond donors (Lipinski definition) is 1. The molecule has 0 spiro atoms. The van der Waals surface area contributed by atoms with E-state index in [1.807, 2.05) is 36.4 Å². The van der Waals surface area contributed by atoms with E-state index >= 15 is 0 Å². The summed E-state index contributed by atoms with van der Waals surface area (Å²) >= 11 is 6.78. The van der Waals surface area contributed by atoms with Crippen LogP contribution >= 0.6 is 31.9 Å². The van der Waals surface area contributed by atoms with Crippen molar-refractivity contribution in [3.05, 3.63) is 63.0 Å². The highest BCUT2D eigenvalue weighted by atomic mass is 79.9. The molecule has 0 aliphatic carbocycles. The fourth-order valence-corrected chi connectivity index (χ4v) is 3.09. The lowest BCUT2D eigenvalue weighted by molar-refractivity contribution is -0.142. The molecule has 0 aliphatic heterocycles. The number of amides is 2. The normalized spacial score (nSPS) is 11.5. The van der Waals surface area contributed by atoms with Gasteiger partial charge in [-0.1, -0.05) is 44.0 Å². The zero-order chi connectivity index (χ0) is 19.1. The summed E-state index contributed by atoms with van der Waals surface area (Å²) in [6.07, 6.45) is 0. The maximum Gasteiger partial charge on any atom is 0.261 e. The van der Waals surface area contributed by atoms with Crippen molar-refractivity contribution in [3.63, 3.8) is 0 Å². The summed E-state index contributed by atoms with van der Waals surface area (Å²) in [5, 5.41) is 2.59. The van der Waals surface area contributed by atoms with Crippen molar-refractivity contribution < 1.29 is 14.3 Å². The summed E-state index contributed by atoms with van der Waals surface area (Å²) in [7, 11) is 1.55. The van der Waals surface area contributed by atoms with Gasteiger partial charge in [0.05, 0.1) is 0 Å². The van der Waals surface area contributed by atoms with Crippen molar-refractivity contribution in [3.8, 4) is 5.75 Å². The Bertz CT molecular complexity index is 766. The molecule has 0 radical (unpaired) electrons. The zero-order valence-electron chi connectivity index (χ0n) is 14.5. The number of halogens is 2. The number of carbonyl (C=O) groups is 2. The topological polar surface area (TPSA) is 58.6 Å². The minimum atomic E-state index is -0.611. The second-order valence-corrected chi connectivity index (χ2v) is 7.52. The molecular formula is C19H20Br2N2O3. The van der Waals surface area contributed by atoms with Crippen LogP contribution in [0.25, 0.3) is 0 Å². The van der Waals surface area contributed by atoms with Crippen molar-refractivity contribution in [2.45, 2.75) is 19.5 Å². The highest BCUT2D eigenvalue weighted by molar-refractivity contribution is 9.10. The Labute approximate surface area is 170 Å². The van der Waals surface area contributed by atoms with Crippen molar-refractivity contribution >= 4 is 43.7 Å². The van der Waals surface area contributed by atoms with E-state index in [0.717, 1.165) is 14.5 Å². The molecule has 0 aromatic heterocycles. The molecule has 1 unspecified atom stereocenters. The van der Waals surface area contributed by atoms with E-state index in [0.29, 0.717) is 12.3 Å². The zero-order valence-corrected chi connectivity index (χ0v) is 17.7. The first-order valence-corrected chi connectivity index (χ1v) is 9.63. The van der Waals surface area contributed by atoms with Gasteiger partial charge in [-0.3, -0.25) is 9.59 Å². The van der Waals surface area contributed by atoms with Gasteiger partial charge in [0, 0.05) is 22.5 Å². The minimum Gasteiger partial charge on any atom is -0.484 e. The molecule has 7 heteroatoms. The van der Waals surface area contributed by atoms with Crippen LogP contribution in [-0.4, -0.2) is 36.4 Å². The lowest BCUT2D eigenvalue weighted by atomic mass is 10.1. The van der Waals surface area contributed by atoms with Gasteiger partial charge in [0.1, 0.15) is 11.8 Å². The van der Waals surface area contributed by atoms with Crippen LogP contribution in [0.3, 0.4) is 0 Å². The maximum absolute atomic E-state index is 12.7. The van der Waals surface area contributed by atoms with Gasteiger partial charge in [-0.15, -0.1) is 0 Å². The van der Waals surface area contributed by atoms with Crippen LogP contribution in [-0.2, 0) is 16.1 Å². The Morgan fingerprint density at radius 3 is 2.42 bits per heavy atom. The minimum absolute atomic E-state index is 0.142. The summed E-state index contributed by atoms with van der Waals surface area (Å²) in [4.78, 5) is 26.3. The van der Waals surface area contributed by atoms with Crippen LogP contribution in [0.5, 0.6) is 5.75 Å². The third-order valence-electron chi connectivity index (χ3n) is 3.83. The Morgan fingerprint density at radius 2 is 1.81 bits per heavy atom. The lowest BCUT2D eigenvalue weighted by Gasteiger charge is -2.28. The summed E-state index contributed by atoms with van der Waals surface area (Å²) < 4.78 is 7.42. The van der Waals surface area contributed by atoms with E-state index in [1.54, 1.807) is 26.1 Å². The highest BCUT2D eigenvalue weighted by Crippen LogP contribution is 2.18. The molecule has 0 fully saturated rings. The van der Waals surface area contributed by atoms with Crippen LogP contribution in [0, 0.1) is 0 Å². The fourth-order valence-electron chi connectivity index (χ4n) is 2.38. The number of nitrogens with one attached hydrogen (secondary N) is 1. The van der Waals surface area contributed by atoms with Crippen LogP contribution in [0.15, 0.2) is 57.5 Å². The monoisotopic (exact) mass is 482 g/mol.